The highest BCUT2D eigenvalue weighted by Crippen LogP contribution is 2.68. The molecule has 0 amide bonds. The fraction of sp³-hybridized carbons (Fsp3) is 0.913. The second-order valence-corrected chi connectivity index (χ2v) is 9.58. The number of aliphatic hydroxyl groups excluding tert-OH is 1. The molecule has 0 radical (unpaired) electrons. The topological polar surface area (TPSA) is 40.5 Å². The summed E-state index contributed by atoms with van der Waals surface area (Å²) < 4.78 is 0. The van der Waals surface area contributed by atoms with E-state index in [0.717, 1.165) is 43.9 Å². The summed E-state index contributed by atoms with van der Waals surface area (Å²) in [5.41, 5.74) is -0.566. The average Bonchev–Trinajstić information content (AvgIpc) is 2.80. The number of hydrogen-bond donors (Lipinski definition) is 2. The van der Waals surface area contributed by atoms with E-state index in [1.807, 2.05) is 0 Å². The molecule has 4 aliphatic carbocycles. The van der Waals surface area contributed by atoms with Gasteiger partial charge >= 0.3 is 0 Å². The van der Waals surface area contributed by atoms with Gasteiger partial charge in [0.05, 0.1) is 6.10 Å². The van der Waals surface area contributed by atoms with E-state index >= 15 is 0 Å². The first-order valence-electron chi connectivity index (χ1n) is 9.72. The van der Waals surface area contributed by atoms with Gasteiger partial charge in [-0.05, 0) is 86.9 Å². The molecule has 0 aromatic carbocycles. The van der Waals surface area contributed by atoms with Crippen LogP contribution in [0, 0.1) is 46.8 Å². The van der Waals surface area contributed by atoms with Crippen molar-refractivity contribution in [3.8, 4) is 12.3 Å². The summed E-state index contributed by atoms with van der Waals surface area (Å²) in [7, 11) is 0. The van der Waals surface area contributed by atoms with Gasteiger partial charge < -0.3 is 10.2 Å². The van der Waals surface area contributed by atoms with Crippen LogP contribution < -0.4 is 0 Å². The van der Waals surface area contributed by atoms with Crippen LogP contribution in [0.2, 0.25) is 0 Å². The smallest absolute Gasteiger partial charge is 0.130 e. The van der Waals surface area contributed by atoms with E-state index < -0.39 is 5.60 Å². The lowest BCUT2D eigenvalue weighted by Crippen LogP contribution is -2.56. The predicted octanol–water partition coefficient (Wildman–Crippen LogP) is 5.03. The van der Waals surface area contributed by atoms with Crippen LogP contribution in [0.3, 0.4) is 0 Å². The Hall–Kier alpha value is -0.520. The van der Waals surface area contributed by atoms with Crippen molar-refractivity contribution in [2.24, 2.45) is 34.5 Å². The highest BCUT2D eigenvalue weighted by molar-refractivity contribution is 5.23. The fourth-order valence-corrected chi connectivity index (χ4v) is 7.49. The summed E-state index contributed by atoms with van der Waals surface area (Å²) in [6.07, 6.45) is 15.6. The summed E-state index contributed by atoms with van der Waals surface area (Å²) in [6, 6.07) is 0. The van der Waals surface area contributed by atoms with Gasteiger partial charge in [0.15, 0.2) is 0 Å². The number of hydrogen-bond acceptors (Lipinski definition) is 2. The molecular formula is C23H40O2. The van der Waals surface area contributed by atoms with Gasteiger partial charge in [-0.3, -0.25) is 0 Å². The SMILES string of the molecule is C.C.C#C[C@]1(O)CC[C@H]2[C@@H]3CC[C@H]4C[C@H](O)CC[C@]4(C)[C@H]3CC[C@@]21C. The molecule has 4 fully saturated rings. The van der Waals surface area contributed by atoms with Gasteiger partial charge in [0.1, 0.15) is 5.60 Å². The van der Waals surface area contributed by atoms with Crippen LogP contribution in [-0.4, -0.2) is 21.9 Å². The van der Waals surface area contributed by atoms with Crippen LogP contribution in [0.1, 0.15) is 86.5 Å². The highest BCUT2D eigenvalue weighted by Gasteiger charge is 2.64. The molecule has 0 aromatic rings. The maximum atomic E-state index is 11.0. The highest BCUT2D eigenvalue weighted by atomic mass is 16.3. The third kappa shape index (κ3) is 2.61. The van der Waals surface area contributed by atoms with E-state index in [4.69, 9.17) is 6.42 Å². The standard InChI is InChI=1S/C21H32O2.2CH4/c1-4-21(23)12-9-18-16-6-5-14-13-15(22)7-10-19(14,2)17(16)8-11-20(18,21)3;;/h1,14-18,22-23H,5-13H2,2-3H3;2*1H4/t14-,15+,16+,17-,18-,19-,20-,21-;;/m0../s1. The van der Waals surface area contributed by atoms with Crippen molar-refractivity contribution < 1.29 is 10.2 Å². The molecule has 4 saturated carbocycles. The molecule has 0 unspecified atom stereocenters. The van der Waals surface area contributed by atoms with Gasteiger partial charge in [0.25, 0.3) is 0 Å². The maximum absolute atomic E-state index is 11.0. The maximum Gasteiger partial charge on any atom is 0.130 e. The molecular weight excluding hydrogens is 308 g/mol. The lowest BCUT2D eigenvalue weighted by atomic mass is 9.44. The average molecular weight is 349 g/mol. The molecule has 0 aromatic heterocycles. The molecule has 2 N–H and O–H groups in total. The first-order valence-corrected chi connectivity index (χ1v) is 9.72. The Morgan fingerprint density at radius 3 is 2.28 bits per heavy atom. The van der Waals surface area contributed by atoms with Crippen molar-refractivity contribution in [2.75, 3.05) is 0 Å². The number of rotatable bonds is 0. The van der Waals surface area contributed by atoms with E-state index in [1.165, 1.54) is 25.7 Å². The minimum atomic E-state index is -0.886. The van der Waals surface area contributed by atoms with Crippen LogP contribution in [0.25, 0.3) is 0 Å². The molecule has 144 valence electrons. The quantitative estimate of drug-likeness (QED) is 0.603. The number of aliphatic hydroxyl groups is 2. The molecule has 4 rings (SSSR count). The van der Waals surface area contributed by atoms with E-state index in [0.29, 0.717) is 17.3 Å². The van der Waals surface area contributed by atoms with Gasteiger partial charge in [0.2, 0.25) is 0 Å². The first-order chi connectivity index (χ1) is 10.8. The van der Waals surface area contributed by atoms with Crippen molar-refractivity contribution in [1.29, 1.82) is 0 Å². The van der Waals surface area contributed by atoms with Gasteiger partial charge in [-0.15, -0.1) is 6.42 Å². The molecule has 25 heavy (non-hydrogen) atoms. The molecule has 0 bridgehead atoms. The van der Waals surface area contributed by atoms with Gasteiger partial charge in [-0.25, -0.2) is 0 Å². The third-order valence-corrected chi connectivity index (χ3v) is 9.03. The van der Waals surface area contributed by atoms with Crippen molar-refractivity contribution in [3.05, 3.63) is 0 Å². The second kappa shape index (κ2) is 6.58. The molecule has 0 heterocycles. The molecule has 0 saturated heterocycles. The first kappa shape index (κ1) is 20.8. The number of fused-ring (bicyclic) bond motifs is 5. The van der Waals surface area contributed by atoms with E-state index in [-0.39, 0.29) is 26.4 Å². The zero-order valence-corrected chi connectivity index (χ0v) is 14.7. The predicted molar refractivity (Wildman–Crippen MR) is 105 cm³/mol. The summed E-state index contributed by atoms with van der Waals surface area (Å²) in [6.45, 7) is 4.77. The largest absolute Gasteiger partial charge is 0.393 e. The van der Waals surface area contributed by atoms with Gasteiger partial charge in [0, 0.05) is 5.41 Å². The Morgan fingerprint density at radius 1 is 0.920 bits per heavy atom. The monoisotopic (exact) mass is 348 g/mol. The summed E-state index contributed by atoms with van der Waals surface area (Å²) in [5, 5.41) is 21.1. The summed E-state index contributed by atoms with van der Waals surface area (Å²) in [4.78, 5) is 0. The Balaban J connectivity index is 0.00000113. The van der Waals surface area contributed by atoms with Crippen molar-refractivity contribution in [2.45, 2.75) is 98.2 Å². The number of terminal acetylenes is 1. The fourth-order valence-electron chi connectivity index (χ4n) is 7.49. The lowest BCUT2D eigenvalue weighted by Gasteiger charge is -2.61. The van der Waals surface area contributed by atoms with Crippen LogP contribution in [0.4, 0.5) is 0 Å². The Labute approximate surface area is 155 Å². The summed E-state index contributed by atoms with van der Waals surface area (Å²) >= 11 is 0. The van der Waals surface area contributed by atoms with Crippen LogP contribution in [-0.2, 0) is 0 Å². The van der Waals surface area contributed by atoms with E-state index in [2.05, 4.69) is 19.8 Å². The van der Waals surface area contributed by atoms with Crippen molar-refractivity contribution in [1.82, 2.24) is 0 Å². The van der Waals surface area contributed by atoms with Crippen LogP contribution in [0.5, 0.6) is 0 Å². The van der Waals surface area contributed by atoms with E-state index in [9.17, 15) is 10.2 Å². The third-order valence-electron chi connectivity index (χ3n) is 9.03. The Bertz CT molecular complexity index is 537. The van der Waals surface area contributed by atoms with Crippen LogP contribution >= 0.6 is 0 Å². The Kier molecular flexibility index (Phi) is 5.47. The molecule has 2 nitrogen and oxygen atoms in total. The van der Waals surface area contributed by atoms with Crippen LogP contribution in [0.15, 0.2) is 0 Å². The van der Waals surface area contributed by atoms with E-state index in [1.54, 1.807) is 0 Å². The molecule has 4 aliphatic rings. The lowest BCUT2D eigenvalue weighted by molar-refractivity contribution is -0.144. The minimum absolute atomic E-state index is 0. The van der Waals surface area contributed by atoms with Gasteiger partial charge in [-0.2, -0.15) is 0 Å². The van der Waals surface area contributed by atoms with Gasteiger partial charge in [-0.1, -0.05) is 34.6 Å². The molecule has 0 spiro atoms. The molecule has 0 aliphatic heterocycles. The zero-order chi connectivity index (χ0) is 16.5. The molecule has 2 heteroatoms. The normalized spacial score (nSPS) is 54.0. The minimum Gasteiger partial charge on any atom is -0.393 e. The zero-order valence-electron chi connectivity index (χ0n) is 14.7. The second-order valence-electron chi connectivity index (χ2n) is 9.58. The summed E-state index contributed by atoms with van der Waals surface area (Å²) in [5.74, 6) is 5.56. The van der Waals surface area contributed by atoms with Crippen molar-refractivity contribution >= 4 is 0 Å². The van der Waals surface area contributed by atoms with Crippen molar-refractivity contribution in [3.63, 3.8) is 0 Å². The Morgan fingerprint density at radius 2 is 1.60 bits per heavy atom. The molecule has 8 atom stereocenters.